The van der Waals surface area contributed by atoms with Crippen LogP contribution in [0, 0.1) is 6.92 Å². The fraction of sp³-hybridized carbons (Fsp3) is 0.321. The maximum atomic E-state index is 12.7. The number of nitrogens with zero attached hydrogens (tertiary/aromatic N) is 4. The minimum atomic E-state index is -3.32. The summed E-state index contributed by atoms with van der Waals surface area (Å²) in [5, 5.41) is 11.7. The average molecular weight is 518 g/mol. The summed E-state index contributed by atoms with van der Waals surface area (Å²) in [6.07, 6.45) is 3.06. The highest BCUT2D eigenvalue weighted by Crippen LogP contribution is 2.35. The molecule has 1 N–H and O–H groups in total. The van der Waals surface area contributed by atoms with E-state index in [4.69, 9.17) is 4.74 Å². The Labute approximate surface area is 217 Å². The van der Waals surface area contributed by atoms with E-state index in [1.165, 1.54) is 12.8 Å². The summed E-state index contributed by atoms with van der Waals surface area (Å²) >= 11 is 0. The van der Waals surface area contributed by atoms with Crippen LogP contribution < -0.4 is 10.1 Å². The number of benzene rings is 3. The van der Waals surface area contributed by atoms with Gasteiger partial charge in [-0.05, 0) is 87.3 Å². The molecule has 3 aromatic carbocycles. The van der Waals surface area contributed by atoms with Gasteiger partial charge >= 0.3 is 0 Å². The maximum Gasteiger partial charge on any atom is 0.247 e. The molecule has 1 aromatic heterocycles. The van der Waals surface area contributed by atoms with E-state index in [0.717, 1.165) is 36.3 Å². The molecule has 1 aliphatic heterocycles. The number of hydrogen-bond donors (Lipinski definition) is 1. The lowest BCUT2D eigenvalue weighted by Gasteiger charge is -2.14. The minimum absolute atomic E-state index is 0.153. The van der Waals surface area contributed by atoms with Crippen LogP contribution in [-0.2, 0) is 9.84 Å². The van der Waals surface area contributed by atoms with Gasteiger partial charge in [-0.2, -0.15) is 0 Å². The number of aromatic nitrogens is 3. The first kappa shape index (κ1) is 25.1. The van der Waals surface area contributed by atoms with Crippen LogP contribution in [0.5, 0.6) is 5.75 Å². The number of fused-ring (bicyclic) bond motifs is 1. The van der Waals surface area contributed by atoms with Gasteiger partial charge in [0.05, 0.1) is 23.3 Å². The van der Waals surface area contributed by atoms with E-state index in [1.807, 2.05) is 30.3 Å². The highest BCUT2D eigenvalue weighted by atomic mass is 32.2. The van der Waals surface area contributed by atoms with Crippen molar-refractivity contribution in [3.05, 3.63) is 66.2 Å². The lowest BCUT2D eigenvalue weighted by atomic mass is 9.99. The number of methoxy groups -OCH3 is 1. The summed E-state index contributed by atoms with van der Waals surface area (Å²) in [4.78, 5) is 7.26. The Kier molecular flexibility index (Phi) is 7.34. The van der Waals surface area contributed by atoms with E-state index < -0.39 is 9.84 Å². The highest BCUT2D eigenvalue weighted by Gasteiger charge is 2.17. The van der Waals surface area contributed by atoms with Gasteiger partial charge in [0.1, 0.15) is 11.3 Å². The summed E-state index contributed by atoms with van der Waals surface area (Å²) in [6.45, 7) is 5.04. The van der Waals surface area contributed by atoms with E-state index >= 15 is 0 Å². The van der Waals surface area contributed by atoms with Crippen molar-refractivity contribution in [1.82, 2.24) is 20.1 Å². The Bertz CT molecular complexity index is 1500. The number of rotatable bonds is 9. The summed E-state index contributed by atoms with van der Waals surface area (Å²) < 4.78 is 31.2. The molecule has 0 unspecified atom stereocenters. The van der Waals surface area contributed by atoms with Gasteiger partial charge in [-0.3, -0.25) is 0 Å². The van der Waals surface area contributed by atoms with Crippen LogP contribution in [0.25, 0.3) is 22.2 Å². The van der Waals surface area contributed by atoms with Crippen molar-refractivity contribution in [2.75, 3.05) is 37.8 Å². The third-order valence-corrected chi connectivity index (χ3v) is 8.58. The fourth-order valence-corrected chi connectivity index (χ4v) is 6.04. The van der Waals surface area contributed by atoms with E-state index in [0.29, 0.717) is 39.7 Å². The Morgan fingerprint density at radius 2 is 1.70 bits per heavy atom. The van der Waals surface area contributed by atoms with Crippen LogP contribution in [0.4, 0.5) is 11.6 Å². The summed E-state index contributed by atoms with van der Waals surface area (Å²) in [5.74, 6) is 1.17. The molecule has 9 heteroatoms. The lowest BCUT2D eigenvalue weighted by molar-refractivity contribution is 0.340. The molecule has 0 bridgehead atoms. The number of ether oxygens (including phenoxy) is 1. The smallest absolute Gasteiger partial charge is 0.247 e. The second-order valence-electron chi connectivity index (χ2n) is 9.36. The summed E-state index contributed by atoms with van der Waals surface area (Å²) in [7, 11) is -1.68. The molecule has 2 heterocycles. The van der Waals surface area contributed by atoms with Gasteiger partial charge in [0.15, 0.2) is 9.84 Å². The van der Waals surface area contributed by atoms with Crippen LogP contribution >= 0.6 is 0 Å². The Balaban J connectivity index is 1.30. The molecule has 1 fully saturated rings. The Morgan fingerprint density at radius 3 is 2.43 bits per heavy atom. The molecule has 0 saturated carbocycles. The normalized spacial score (nSPS) is 14.2. The topological polar surface area (TPSA) is 97.3 Å². The SMILES string of the molecule is COc1cc2nc(Nc3ccc(S(=O)(=O)CCCN4CCCC4)cc3)nnc2cc1-c1ccccc1C. The molecule has 1 saturated heterocycles. The monoisotopic (exact) mass is 517 g/mol. The van der Waals surface area contributed by atoms with Gasteiger partial charge in [-0.1, -0.05) is 24.3 Å². The fourth-order valence-electron chi connectivity index (χ4n) is 4.75. The number of sulfone groups is 1. The van der Waals surface area contributed by atoms with Crippen molar-refractivity contribution in [2.45, 2.75) is 31.1 Å². The lowest BCUT2D eigenvalue weighted by Crippen LogP contribution is -2.22. The molecule has 0 amide bonds. The summed E-state index contributed by atoms with van der Waals surface area (Å²) in [6, 6.07) is 18.6. The quantitative estimate of drug-likeness (QED) is 0.331. The zero-order chi connectivity index (χ0) is 25.8. The predicted octanol–water partition coefficient (Wildman–Crippen LogP) is 5.01. The maximum absolute atomic E-state index is 12.7. The Morgan fingerprint density at radius 1 is 0.946 bits per heavy atom. The number of nitrogens with one attached hydrogen (secondary N) is 1. The largest absolute Gasteiger partial charge is 0.496 e. The van der Waals surface area contributed by atoms with Crippen LogP contribution in [0.3, 0.4) is 0 Å². The number of anilines is 2. The van der Waals surface area contributed by atoms with Gasteiger partial charge in [-0.25, -0.2) is 13.4 Å². The van der Waals surface area contributed by atoms with Gasteiger partial charge in [0.25, 0.3) is 0 Å². The van der Waals surface area contributed by atoms with Gasteiger partial charge in [-0.15, -0.1) is 10.2 Å². The molecule has 0 atom stereocenters. The third kappa shape index (κ3) is 5.73. The average Bonchev–Trinajstić information content (AvgIpc) is 3.42. The van der Waals surface area contributed by atoms with Crippen molar-refractivity contribution in [1.29, 1.82) is 0 Å². The molecule has 0 radical (unpaired) electrons. The molecule has 8 nitrogen and oxygen atoms in total. The molecule has 192 valence electrons. The standard InChI is InChI=1S/C28H31N5O3S/c1-20-8-3-4-9-23(20)24-18-26-25(19-27(24)36-2)30-28(32-31-26)29-21-10-12-22(13-11-21)37(34,35)17-7-16-33-14-5-6-15-33/h3-4,8-13,18-19H,5-7,14-17H2,1-2H3,(H,29,30,32). The van der Waals surface area contributed by atoms with Crippen LogP contribution in [0.15, 0.2) is 65.6 Å². The van der Waals surface area contributed by atoms with Crippen molar-refractivity contribution >= 4 is 32.5 Å². The molecule has 4 aromatic rings. The van der Waals surface area contributed by atoms with E-state index in [9.17, 15) is 8.42 Å². The van der Waals surface area contributed by atoms with Crippen molar-refractivity contribution in [3.63, 3.8) is 0 Å². The second-order valence-corrected chi connectivity index (χ2v) is 11.5. The minimum Gasteiger partial charge on any atom is -0.496 e. The van der Waals surface area contributed by atoms with Gasteiger partial charge in [0.2, 0.25) is 5.95 Å². The molecule has 0 aliphatic carbocycles. The molecule has 0 spiro atoms. The van der Waals surface area contributed by atoms with Crippen molar-refractivity contribution in [3.8, 4) is 16.9 Å². The number of aryl methyl sites for hydroxylation is 1. The molecule has 1 aliphatic rings. The number of likely N-dealkylation sites (tertiary alicyclic amines) is 1. The van der Waals surface area contributed by atoms with E-state index in [2.05, 4.69) is 38.4 Å². The summed E-state index contributed by atoms with van der Waals surface area (Å²) in [5.41, 5.74) is 5.11. The van der Waals surface area contributed by atoms with Crippen LogP contribution in [0.2, 0.25) is 0 Å². The zero-order valence-electron chi connectivity index (χ0n) is 21.1. The first-order valence-electron chi connectivity index (χ1n) is 12.5. The van der Waals surface area contributed by atoms with Crippen molar-refractivity contribution in [2.24, 2.45) is 0 Å². The van der Waals surface area contributed by atoms with E-state index in [-0.39, 0.29) is 5.75 Å². The second kappa shape index (κ2) is 10.8. The van der Waals surface area contributed by atoms with Crippen LogP contribution in [-0.4, -0.2) is 61.0 Å². The number of hydrogen-bond acceptors (Lipinski definition) is 8. The van der Waals surface area contributed by atoms with Crippen LogP contribution in [0.1, 0.15) is 24.8 Å². The molecule has 5 rings (SSSR count). The van der Waals surface area contributed by atoms with E-state index in [1.54, 1.807) is 31.4 Å². The highest BCUT2D eigenvalue weighted by molar-refractivity contribution is 7.91. The Hall–Kier alpha value is -3.56. The molecular weight excluding hydrogens is 486 g/mol. The van der Waals surface area contributed by atoms with Crippen molar-refractivity contribution < 1.29 is 13.2 Å². The van der Waals surface area contributed by atoms with Gasteiger partial charge < -0.3 is 15.0 Å². The first-order chi connectivity index (χ1) is 17.9. The van der Waals surface area contributed by atoms with Gasteiger partial charge in [0, 0.05) is 17.3 Å². The predicted molar refractivity (Wildman–Crippen MR) is 146 cm³/mol. The molecule has 37 heavy (non-hydrogen) atoms. The zero-order valence-corrected chi connectivity index (χ0v) is 22.0. The third-order valence-electron chi connectivity index (χ3n) is 6.77. The molecular formula is C28H31N5O3S. The first-order valence-corrected chi connectivity index (χ1v) is 14.2.